The minimum atomic E-state index is -0.0273. The molecule has 0 radical (unpaired) electrons. The molecule has 0 spiro atoms. The number of tetrazole rings is 1. The van der Waals surface area contributed by atoms with Gasteiger partial charge in [0.2, 0.25) is 5.91 Å². The molecule has 10 heteroatoms. The van der Waals surface area contributed by atoms with Gasteiger partial charge in [0.15, 0.2) is 5.82 Å². The summed E-state index contributed by atoms with van der Waals surface area (Å²) in [7, 11) is 0. The molecule has 1 unspecified atom stereocenters. The number of hydrogen-bond acceptors (Lipinski definition) is 7. The molecule has 1 aliphatic heterocycles. The fraction of sp³-hybridized carbons (Fsp3) is 0.348. The quantitative estimate of drug-likeness (QED) is 0.556. The summed E-state index contributed by atoms with van der Waals surface area (Å²) in [5, 5.41) is 22.1. The molecular weight excluding hydrogens is 442 g/mol. The van der Waals surface area contributed by atoms with Gasteiger partial charge in [0, 0.05) is 43.3 Å². The Labute approximate surface area is 197 Å². The van der Waals surface area contributed by atoms with Crippen LogP contribution in [0.3, 0.4) is 0 Å². The molecule has 0 bridgehead atoms. The van der Waals surface area contributed by atoms with Crippen LogP contribution in [0.15, 0.2) is 42.6 Å². The fourth-order valence-corrected chi connectivity index (χ4v) is 4.11. The van der Waals surface area contributed by atoms with Crippen molar-refractivity contribution in [3.63, 3.8) is 0 Å². The van der Waals surface area contributed by atoms with Crippen LogP contribution in [0.1, 0.15) is 29.6 Å². The topological polar surface area (TPSA) is 100 Å². The second-order valence-electron chi connectivity index (χ2n) is 8.17. The summed E-state index contributed by atoms with van der Waals surface area (Å²) in [4.78, 5) is 22.8. The maximum absolute atomic E-state index is 12.9. The molecule has 1 saturated heterocycles. The van der Waals surface area contributed by atoms with Crippen molar-refractivity contribution in [3.8, 4) is 5.75 Å². The molecule has 3 aromatic rings. The smallest absolute Gasteiger partial charge is 0.246 e. The number of amides is 1. The number of aromatic nitrogens is 5. The van der Waals surface area contributed by atoms with Crippen LogP contribution in [-0.4, -0.2) is 71.7 Å². The number of hydrogen-bond donors (Lipinski definition) is 1. The first-order valence-electron chi connectivity index (χ1n) is 10.7. The van der Waals surface area contributed by atoms with Crippen molar-refractivity contribution in [1.29, 1.82) is 0 Å². The maximum atomic E-state index is 12.9. The third-order valence-corrected chi connectivity index (χ3v) is 5.80. The SMILES string of the molecule is Cc1nnn(Cc2cc(Cl)ccc2/C=C/C(=O)N2CCN(Cc3ccc(O)cn3)CC2C)n1. The minimum absolute atomic E-state index is 0.0273. The Bertz CT molecular complexity index is 1150. The monoisotopic (exact) mass is 467 g/mol. The third kappa shape index (κ3) is 5.94. The normalized spacial score (nSPS) is 17.1. The van der Waals surface area contributed by atoms with Crippen LogP contribution < -0.4 is 0 Å². The lowest BCUT2D eigenvalue weighted by Gasteiger charge is -2.39. The van der Waals surface area contributed by atoms with Crippen LogP contribution in [0.4, 0.5) is 0 Å². The molecule has 9 nitrogen and oxygen atoms in total. The number of halogens is 1. The Hall–Kier alpha value is -3.30. The average molecular weight is 468 g/mol. The Morgan fingerprint density at radius 1 is 1.24 bits per heavy atom. The summed E-state index contributed by atoms with van der Waals surface area (Å²) >= 11 is 6.18. The highest BCUT2D eigenvalue weighted by atomic mass is 35.5. The number of benzene rings is 1. The molecular formula is C23H26ClN7O2. The van der Waals surface area contributed by atoms with Crippen LogP contribution in [-0.2, 0) is 17.9 Å². The summed E-state index contributed by atoms with van der Waals surface area (Å²) in [6, 6.07) is 9.07. The molecule has 1 fully saturated rings. The van der Waals surface area contributed by atoms with Gasteiger partial charge in [-0.05, 0) is 60.5 Å². The molecule has 3 heterocycles. The molecule has 1 aromatic carbocycles. The zero-order valence-electron chi connectivity index (χ0n) is 18.6. The van der Waals surface area contributed by atoms with Gasteiger partial charge in [0.1, 0.15) is 5.75 Å². The molecule has 2 aromatic heterocycles. The van der Waals surface area contributed by atoms with Gasteiger partial charge in [0.05, 0.1) is 18.4 Å². The lowest BCUT2D eigenvalue weighted by atomic mass is 10.1. The Morgan fingerprint density at radius 2 is 2.09 bits per heavy atom. The van der Waals surface area contributed by atoms with Crippen LogP contribution in [0.2, 0.25) is 5.02 Å². The zero-order chi connectivity index (χ0) is 23.4. The van der Waals surface area contributed by atoms with Gasteiger partial charge in [-0.1, -0.05) is 17.7 Å². The maximum Gasteiger partial charge on any atom is 0.246 e. The highest BCUT2D eigenvalue weighted by molar-refractivity contribution is 6.30. The third-order valence-electron chi connectivity index (χ3n) is 5.56. The van der Waals surface area contributed by atoms with Crippen molar-refractivity contribution in [2.45, 2.75) is 33.0 Å². The highest BCUT2D eigenvalue weighted by Gasteiger charge is 2.26. The Kier molecular flexibility index (Phi) is 7.00. The van der Waals surface area contributed by atoms with E-state index >= 15 is 0 Å². The number of carbonyl (C=O) groups is 1. The van der Waals surface area contributed by atoms with E-state index in [-0.39, 0.29) is 17.7 Å². The first-order chi connectivity index (χ1) is 15.9. The molecule has 1 amide bonds. The van der Waals surface area contributed by atoms with Crippen LogP contribution >= 0.6 is 11.6 Å². The standard InChI is InChI=1S/C23H26ClN7O2/c1-16-13-29(15-21-6-7-22(32)12-25-21)9-10-30(16)23(33)8-4-18-3-5-20(24)11-19(18)14-31-27-17(2)26-28-31/h3-8,11-12,16,32H,9-10,13-15H2,1-2H3/b8-4+. The molecule has 1 N–H and O–H groups in total. The van der Waals surface area contributed by atoms with E-state index in [1.165, 1.54) is 11.0 Å². The van der Waals surface area contributed by atoms with Crippen LogP contribution in [0, 0.1) is 6.92 Å². The average Bonchev–Trinajstić information content (AvgIpc) is 3.19. The van der Waals surface area contributed by atoms with Crippen molar-refractivity contribution in [2.75, 3.05) is 19.6 Å². The number of aromatic hydroxyl groups is 1. The molecule has 1 atom stereocenters. The number of aryl methyl sites for hydroxylation is 1. The van der Waals surface area contributed by atoms with Crippen molar-refractivity contribution in [3.05, 3.63) is 70.3 Å². The lowest BCUT2D eigenvalue weighted by Crippen LogP contribution is -2.53. The molecule has 0 saturated carbocycles. The summed E-state index contributed by atoms with van der Waals surface area (Å²) < 4.78 is 0. The zero-order valence-corrected chi connectivity index (χ0v) is 19.4. The first kappa shape index (κ1) is 22.9. The Balaban J connectivity index is 1.39. The number of piperazine rings is 1. The van der Waals surface area contributed by atoms with Gasteiger partial charge >= 0.3 is 0 Å². The van der Waals surface area contributed by atoms with E-state index in [1.54, 1.807) is 25.1 Å². The van der Waals surface area contributed by atoms with Crippen molar-refractivity contribution in [1.82, 2.24) is 35.0 Å². The van der Waals surface area contributed by atoms with Gasteiger partial charge in [-0.15, -0.1) is 10.2 Å². The summed E-state index contributed by atoms with van der Waals surface area (Å²) in [6.07, 6.45) is 4.88. The van der Waals surface area contributed by atoms with E-state index < -0.39 is 0 Å². The van der Waals surface area contributed by atoms with Gasteiger partial charge in [0.25, 0.3) is 0 Å². The van der Waals surface area contributed by atoms with Gasteiger partial charge in [-0.25, -0.2) is 0 Å². The van der Waals surface area contributed by atoms with E-state index in [0.29, 0.717) is 30.5 Å². The molecule has 4 rings (SSSR count). The Morgan fingerprint density at radius 3 is 2.79 bits per heavy atom. The van der Waals surface area contributed by atoms with Gasteiger partial charge in [-0.3, -0.25) is 14.7 Å². The number of nitrogens with zero attached hydrogens (tertiary/aromatic N) is 7. The van der Waals surface area contributed by atoms with E-state index in [0.717, 1.165) is 29.9 Å². The molecule has 33 heavy (non-hydrogen) atoms. The second-order valence-corrected chi connectivity index (χ2v) is 8.60. The van der Waals surface area contributed by atoms with Crippen LogP contribution in [0.5, 0.6) is 5.75 Å². The fourth-order valence-electron chi connectivity index (χ4n) is 3.92. The van der Waals surface area contributed by atoms with Gasteiger partial charge in [-0.2, -0.15) is 4.80 Å². The van der Waals surface area contributed by atoms with Crippen molar-refractivity contribution in [2.24, 2.45) is 0 Å². The second kappa shape index (κ2) is 10.1. The molecule has 0 aliphatic carbocycles. The van der Waals surface area contributed by atoms with Crippen molar-refractivity contribution < 1.29 is 9.90 Å². The summed E-state index contributed by atoms with van der Waals surface area (Å²) in [5.74, 6) is 0.727. The molecule has 1 aliphatic rings. The van der Waals surface area contributed by atoms with E-state index in [2.05, 4.69) is 32.2 Å². The number of rotatable bonds is 6. The largest absolute Gasteiger partial charge is 0.506 e. The predicted molar refractivity (Wildman–Crippen MR) is 124 cm³/mol. The number of pyridine rings is 1. The highest BCUT2D eigenvalue weighted by Crippen LogP contribution is 2.19. The van der Waals surface area contributed by atoms with E-state index in [9.17, 15) is 9.90 Å². The van der Waals surface area contributed by atoms with Crippen LogP contribution in [0.25, 0.3) is 6.08 Å². The summed E-state index contributed by atoms with van der Waals surface area (Å²) in [6.45, 7) is 7.08. The summed E-state index contributed by atoms with van der Waals surface area (Å²) in [5.41, 5.74) is 2.68. The van der Waals surface area contributed by atoms with E-state index in [4.69, 9.17) is 11.6 Å². The first-order valence-corrected chi connectivity index (χ1v) is 11.1. The number of carbonyl (C=O) groups excluding carboxylic acids is 1. The molecule has 172 valence electrons. The van der Waals surface area contributed by atoms with Gasteiger partial charge < -0.3 is 10.0 Å². The predicted octanol–water partition coefficient (Wildman–Crippen LogP) is 2.53. The minimum Gasteiger partial charge on any atom is -0.506 e. The lowest BCUT2D eigenvalue weighted by molar-refractivity contribution is -0.130. The van der Waals surface area contributed by atoms with E-state index in [1.807, 2.05) is 29.2 Å². The van der Waals surface area contributed by atoms with Crippen molar-refractivity contribution >= 4 is 23.6 Å².